The zero-order valence-corrected chi connectivity index (χ0v) is 16.4. The number of hydrogen-bond donors (Lipinski definition) is 1. The predicted molar refractivity (Wildman–Crippen MR) is 103 cm³/mol. The monoisotopic (exact) mass is 370 g/mol. The van der Waals surface area contributed by atoms with Crippen molar-refractivity contribution >= 4 is 11.7 Å². The molecule has 3 rings (SSSR count). The van der Waals surface area contributed by atoms with E-state index in [9.17, 15) is 4.79 Å². The number of nitrogens with one attached hydrogen (secondary N) is 1. The molecule has 7 heteroatoms. The lowest BCUT2D eigenvalue weighted by molar-refractivity contribution is 0.0726. The Balaban J connectivity index is 1.78. The number of hydrogen-bond acceptors (Lipinski definition) is 6. The maximum Gasteiger partial charge on any atom is 0.273 e. The van der Waals surface area contributed by atoms with Gasteiger partial charge < -0.3 is 19.7 Å². The zero-order valence-electron chi connectivity index (χ0n) is 16.4. The van der Waals surface area contributed by atoms with Gasteiger partial charge in [0, 0.05) is 29.8 Å². The van der Waals surface area contributed by atoms with E-state index in [-0.39, 0.29) is 18.1 Å². The Labute approximate surface area is 159 Å². The third-order valence-corrected chi connectivity index (χ3v) is 4.44. The van der Waals surface area contributed by atoms with Gasteiger partial charge in [-0.1, -0.05) is 0 Å². The third-order valence-electron chi connectivity index (χ3n) is 4.44. The Bertz CT molecular complexity index is 836. The topological polar surface area (TPSA) is 76.6 Å². The van der Waals surface area contributed by atoms with Crippen molar-refractivity contribution in [1.82, 2.24) is 14.9 Å². The summed E-state index contributed by atoms with van der Waals surface area (Å²) in [5.41, 5.74) is 2.30. The fraction of sp³-hybridized carbons (Fsp3) is 0.450. The average molecular weight is 370 g/mol. The Morgan fingerprint density at radius 2 is 2.00 bits per heavy atom. The molecule has 0 spiro atoms. The summed E-state index contributed by atoms with van der Waals surface area (Å²) in [6, 6.07) is 5.89. The molecule has 7 nitrogen and oxygen atoms in total. The second-order valence-electron chi connectivity index (χ2n) is 7.07. The van der Waals surface area contributed by atoms with Crippen LogP contribution in [-0.4, -0.2) is 40.0 Å². The molecule has 2 heterocycles. The first-order valence-corrected chi connectivity index (χ1v) is 9.13. The van der Waals surface area contributed by atoms with Gasteiger partial charge in [-0.25, -0.2) is 9.97 Å². The van der Waals surface area contributed by atoms with E-state index in [1.807, 2.05) is 45.9 Å². The number of anilines is 1. The van der Waals surface area contributed by atoms with Gasteiger partial charge in [-0.05, 0) is 39.8 Å². The molecule has 2 aromatic rings. The normalized spacial score (nSPS) is 13.3. The maximum atomic E-state index is 12.5. The molecule has 1 aliphatic rings. The first-order valence-electron chi connectivity index (χ1n) is 9.13. The van der Waals surface area contributed by atoms with Crippen LogP contribution >= 0.6 is 0 Å². The number of aromatic nitrogens is 2. The van der Waals surface area contributed by atoms with Gasteiger partial charge in [0.15, 0.2) is 0 Å². The van der Waals surface area contributed by atoms with E-state index in [0.717, 1.165) is 22.6 Å². The highest BCUT2D eigenvalue weighted by molar-refractivity contribution is 5.97. The summed E-state index contributed by atoms with van der Waals surface area (Å²) in [5.74, 6) is 2.15. The van der Waals surface area contributed by atoms with Crippen molar-refractivity contribution in [3.05, 3.63) is 41.3 Å². The molecule has 0 atom stereocenters. The molecule has 1 amide bonds. The first-order chi connectivity index (χ1) is 12.9. The smallest absolute Gasteiger partial charge is 0.273 e. The van der Waals surface area contributed by atoms with Crippen molar-refractivity contribution < 1.29 is 14.3 Å². The number of ether oxygens (including phenoxy) is 2. The number of fused-ring (bicyclic) bond motifs is 1. The van der Waals surface area contributed by atoms with Crippen molar-refractivity contribution in [2.45, 2.75) is 52.9 Å². The maximum absolute atomic E-state index is 12.5. The van der Waals surface area contributed by atoms with E-state index in [0.29, 0.717) is 24.6 Å². The number of amides is 1. The van der Waals surface area contributed by atoms with Gasteiger partial charge in [-0.15, -0.1) is 0 Å². The molecule has 0 unspecified atom stereocenters. The van der Waals surface area contributed by atoms with Crippen LogP contribution in [0, 0.1) is 0 Å². The molecule has 0 aliphatic carbocycles. The Hall–Kier alpha value is -2.83. The molecular formula is C20H26N4O3. The summed E-state index contributed by atoms with van der Waals surface area (Å²) in [6.07, 6.45) is 1.53. The van der Waals surface area contributed by atoms with Crippen molar-refractivity contribution in [1.29, 1.82) is 0 Å². The number of nitrogens with zero attached hydrogens (tertiary/aromatic N) is 3. The molecule has 0 fully saturated rings. The number of benzene rings is 1. The largest absolute Gasteiger partial charge is 0.496 e. The van der Waals surface area contributed by atoms with E-state index < -0.39 is 0 Å². The Kier molecular flexibility index (Phi) is 5.48. The predicted octanol–water partition coefficient (Wildman–Crippen LogP) is 3.25. The SMILES string of the molecule is COc1cc(OC(C)C)ccc1CNc1ncnc2c1CN(C(C)C)C2=O. The van der Waals surface area contributed by atoms with Crippen LogP contribution in [0.1, 0.15) is 49.3 Å². The van der Waals surface area contributed by atoms with Crippen LogP contribution in [0.25, 0.3) is 0 Å². The highest BCUT2D eigenvalue weighted by atomic mass is 16.5. The van der Waals surface area contributed by atoms with Crippen LogP contribution in [0.15, 0.2) is 24.5 Å². The lowest BCUT2D eigenvalue weighted by atomic mass is 10.1. The molecule has 1 aliphatic heterocycles. The second-order valence-corrected chi connectivity index (χ2v) is 7.07. The van der Waals surface area contributed by atoms with E-state index in [4.69, 9.17) is 9.47 Å². The van der Waals surface area contributed by atoms with E-state index in [1.54, 1.807) is 12.0 Å². The molecule has 1 aromatic heterocycles. The molecule has 0 saturated heterocycles. The van der Waals surface area contributed by atoms with Gasteiger partial charge in [0.2, 0.25) is 0 Å². The summed E-state index contributed by atoms with van der Waals surface area (Å²) in [6.45, 7) is 9.00. The van der Waals surface area contributed by atoms with Crippen LogP contribution in [-0.2, 0) is 13.1 Å². The van der Waals surface area contributed by atoms with Gasteiger partial charge in [-0.2, -0.15) is 0 Å². The van der Waals surface area contributed by atoms with Crippen LogP contribution in [0.3, 0.4) is 0 Å². The van der Waals surface area contributed by atoms with Gasteiger partial charge in [0.1, 0.15) is 29.3 Å². The fourth-order valence-corrected chi connectivity index (χ4v) is 3.09. The summed E-state index contributed by atoms with van der Waals surface area (Å²) >= 11 is 0. The van der Waals surface area contributed by atoms with Gasteiger partial charge in [0.05, 0.1) is 19.8 Å². The third kappa shape index (κ3) is 3.97. The summed E-state index contributed by atoms with van der Waals surface area (Å²) < 4.78 is 11.2. The summed E-state index contributed by atoms with van der Waals surface area (Å²) in [4.78, 5) is 22.8. The Morgan fingerprint density at radius 1 is 1.22 bits per heavy atom. The van der Waals surface area contributed by atoms with E-state index in [2.05, 4.69) is 15.3 Å². The van der Waals surface area contributed by atoms with E-state index in [1.165, 1.54) is 6.33 Å². The van der Waals surface area contributed by atoms with Crippen LogP contribution < -0.4 is 14.8 Å². The number of carbonyl (C=O) groups excluding carboxylic acids is 1. The standard InChI is InChI=1S/C20H26N4O3/c1-12(2)24-10-16-18(20(24)25)22-11-23-19(16)21-9-14-6-7-15(27-13(3)4)8-17(14)26-5/h6-8,11-13H,9-10H2,1-5H3,(H,21,22,23). The van der Waals surface area contributed by atoms with Crippen molar-refractivity contribution in [3.8, 4) is 11.5 Å². The molecule has 144 valence electrons. The Morgan fingerprint density at radius 3 is 2.67 bits per heavy atom. The number of methoxy groups -OCH3 is 1. The minimum absolute atomic E-state index is 0.0433. The average Bonchev–Trinajstić information content (AvgIpc) is 2.98. The molecule has 27 heavy (non-hydrogen) atoms. The second kappa shape index (κ2) is 7.82. The molecule has 1 N–H and O–H groups in total. The number of carbonyl (C=O) groups is 1. The van der Waals surface area contributed by atoms with Crippen molar-refractivity contribution in [3.63, 3.8) is 0 Å². The summed E-state index contributed by atoms with van der Waals surface area (Å²) in [7, 11) is 1.64. The van der Waals surface area contributed by atoms with Crippen LogP contribution in [0.5, 0.6) is 11.5 Å². The van der Waals surface area contributed by atoms with Gasteiger partial charge >= 0.3 is 0 Å². The van der Waals surface area contributed by atoms with Crippen LogP contribution in [0.4, 0.5) is 5.82 Å². The highest BCUT2D eigenvalue weighted by Gasteiger charge is 2.33. The molecule has 1 aromatic carbocycles. The molecule has 0 radical (unpaired) electrons. The minimum Gasteiger partial charge on any atom is -0.496 e. The fourth-order valence-electron chi connectivity index (χ4n) is 3.09. The zero-order chi connectivity index (χ0) is 19.6. The first kappa shape index (κ1) is 18.9. The molecule has 0 bridgehead atoms. The van der Waals surface area contributed by atoms with Gasteiger partial charge in [-0.3, -0.25) is 4.79 Å². The van der Waals surface area contributed by atoms with Crippen molar-refractivity contribution in [2.75, 3.05) is 12.4 Å². The number of rotatable bonds is 7. The summed E-state index contributed by atoms with van der Waals surface area (Å²) in [5, 5.41) is 3.33. The molecule has 0 saturated carbocycles. The lowest BCUT2D eigenvalue weighted by Crippen LogP contribution is -2.31. The molecular weight excluding hydrogens is 344 g/mol. The minimum atomic E-state index is -0.0433. The highest BCUT2D eigenvalue weighted by Crippen LogP contribution is 2.29. The van der Waals surface area contributed by atoms with Crippen LogP contribution in [0.2, 0.25) is 0 Å². The van der Waals surface area contributed by atoms with Gasteiger partial charge in [0.25, 0.3) is 5.91 Å². The van der Waals surface area contributed by atoms with Crippen molar-refractivity contribution in [2.24, 2.45) is 0 Å². The quantitative estimate of drug-likeness (QED) is 0.806. The van der Waals surface area contributed by atoms with E-state index >= 15 is 0 Å². The lowest BCUT2D eigenvalue weighted by Gasteiger charge is -2.19.